The van der Waals surface area contributed by atoms with E-state index >= 15 is 0 Å². The van der Waals surface area contributed by atoms with E-state index in [1.165, 1.54) is 5.57 Å². The molecule has 0 aliphatic heterocycles. The van der Waals surface area contributed by atoms with Gasteiger partial charge >= 0.3 is 0 Å². The smallest absolute Gasteiger partial charge is 0.0169 e. The molecule has 0 radical (unpaired) electrons. The van der Waals surface area contributed by atoms with Crippen LogP contribution in [-0.4, -0.2) is 0 Å². The summed E-state index contributed by atoms with van der Waals surface area (Å²) in [6, 6.07) is 0. The zero-order chi connectivity index (χ0) is 8.41. The Morgan fingerprint density at radius 3 is 2.20 bits per heavy atom. The van der Waals surface area contributed by atoms with Crippen LogP contribution >= 0.6 is 0 Å². The van der Waals surface area contributed by atoms with E-state index in [1.54, 1.807) is 0 Å². The van der Waals surface area contributed by atoms with Gasteiger partial charge in [0.2, 0.25) is 0 Å². The molecule has 0 aliphatic carbocycles. The molecule has 0 aliphatic rings. The van der Waals surface area contributed by atoms with E-state index in [-0.39, 0.29) is 0 Å². The van der Waals surface area contributed by atoms with Crippen molar-refractivity contribution in [2.45, 2.75) is 40.5 Å². The molecule has 0 atom stereocenters. The topological polar surface area (TPSA) is 0 Å². The van der Waals surface area contributed by atoms with E-state index in [0.717, 1.165) is 12.8 Å². The van der Waals surface area contributed by atoms with Crippen LogP contribution in [0.5, 0.6) is 0 Å². The Labute approximate surface area is 65.7 Å². The highest BCUT2D eigenvalue weighted by Gasteiger charge is 1.78. The molecule has 0 bridgehead atoms. The van der Waals surface area contributed by atoms with Crippen molar-refractivity contribution < 1.29 is 0 Å². The molecular weight excluding hydrogens is 120 g/mol. The molecular formula is C10H20. The molecule has 0 rings (SSSR count). The highest BCUT2D eigenvalue weighted by molar-refractivity contribution is 4.99. The van der Waals surface area contributed by atoms with Crippen LogP contribution < -0.4 is 0 Å². The van der Waals surface area contributed by atoms with Crippen molar-refractivity contribution in [3.05, 3.63) is 24.3 Å². The minimum Gasteiger partial charge on any atom is -0.103 e. The first kappa shape index (κ1) is 12.2. The molecule has 0 saturated carbocycles. The van der Waals surface area contributed by atoms with Crippen LogP contribution in [-0.2, 0) is 0 Å². The summed E-state index contributed by atoms with van der Waals surface area (Å²) < 4.78 is 0. The van der Waals surface area contributed by atoms with Crippen molar-refractivity contribution in [3.63, 3.8) is 0 Å². The van der Waals surface area contributed by atoms with Crippen LogP contribution in [0.2, 0.25) is 0 Å². The van der Waals surface area contributed by atoms with Gasteiger partial charge in [-0.2, -0.15) is 0 Å². The van der Waals surface area contributed by atoms with Gasteiger partial charge < -0.3 is 0 Å². The van der Waals surface area contributed by atoms with Crippen molar-refractivity contribution >= 4 is 0 Å². The van der Waals surface area contributed by atoms with E-state index in [9.17, 15) is 0 Å². The summed E-state index contributed by atoms with van der Waals surface area (Å²) in [7, 11) is 0. The fraction of sp³-hybridized carbons (Fsp3) is 0.600. The number of hydrogen-bond acceptors (Lipinski definition) is 0. The average molecular weight is 140 g/mol. The fourth-order valence-electron chi connectivity index (χ4n) is 0.429. The van der Waals surface area contributed by atoms with Gasteiger partial charge in [0.1, 0.15) is 0 Å². The summed E-state index contributed by atoms with van der Waals surface area (Å²) in [4.78, 5) is 0. The van der Waals surface area contributed by atoms with Crippen molar-refractivity contribution in [2.75, 3.05) is 0 Å². The van der Waals surface area contributed by atoms with Crippen molar-refractivity contribution in [1.82, 2.24) is 0 Å². The number of allylic oxidation sites excluding steroid dienone is 3. The SMILES string of the molecule is C=CC/C=C(\C)CC.CC. The molecule has 0 aromatic rings. The van der Waals surface area contributed by atoms with Gasteiger partial charge in [0, 0.05) is 0 Å². The molecule has 0 fully saturated rings. The molecule has 0 N–H and O–H groups in total. The molecule has 0 aromatic heterocycles. The standard InChI is InChI=1S/C8H14.C2H6/c1-4-6-7-8(3)5-2;1-2/h4,7H,1,5-6H2,2-3H3;1-2H3/b8-7+;. The van der Waals surface area contributed by atoms with Crippen molar-refractivity contribution in [1.29, 1.82) is 0 Å². The predicted octanol–water partition coefficient (Wildman–Crippen LogP) is 3.95. The second-order valence-corrected chi connectivity index (χ2v) is 1.93. The lowest BCUT2D eigenvalue weighted by Crippen LogP contribution is -1.68. The molecule has 10 heavy (non-hydrogen) atoms. The third kappa shape index (κ3) is 10.5. The third-order valence-corrected chi connectivity index (χ3v) is 1.19. The lowest BCUT2D eigenvalue weighted by atomic mass is 10.2. The largest absolute Gasteiger partial charge is 0.103 e. The first-order chi connectivity index (χ1) is 4.81. The van der Waals surface area contributed by atoms with Crippen molar-refractivity contribution in [2.24, 2.45) is 0 Å². The Balaban J connectivity index is 0. The lowest BCUT2D eigenvalue weighted by Gasteiger charge is -1.89. The van der Waals surface area contributed by atoms with Gasteiger partial charge in [-0.15, -0.1) is 6.58 Å². The van der Waals surface area contributed by atoms with Crippen LogP contribution in [0.25, 0.3) is 0 Å². The van der Waals surface area contributed by atoms with Crippen LogP contribution in [0, 0.1) is 0 Å². The normalized spacial score (nSPS) is 9.80. The molecule has 0 unspecified atom stereocenters. The Morgan fingerprint density at radius 1 is 1.40 bits per heavy atom. The van der Waals surface area contributed by atoms with E-state index in [4.69, 9.17) is 0 Å². The second-order valence-electron chi connectivity index (χ2n) is 1.93. The van der Waals surface area contributed by atoms with Gasteiger partial charge in [-0.1, -0.05) is 38.5 Å². The molecule has 0 aromatic carbocycles. The van der Waals surface area contributed by atoms with Gasteiger partial charge in [-0.3, -0.25) is 0 Å². The maximum atomic E-state index is 3.62. The Bertz CT molecular complexity index is 88.2. The van der Waals surface area contributed by atoms with Gasteiger partial charge in [-0.25, -0.2) is 0 Å². The first-order valence-corrected chi connectivity index (χ1v) is 4.07. The van der Waals surface area contributed by atoms with Gasteiger partial charge in [0.05, 0.1) is 0 Å². The predicted molar refractivity (Wildman–Crippen MR) is 50.2 cm³/mol. The van der Waals surface area contributed by atoms with E-state index in [1.807, 2.05) is 19.9 Å². The second kappa shape index (κ2) is 11.3. The molecule has 0 saturated heterocycles. The highest BCUT2D eigenvalue weighted by Crippen LogP contribution is 1.98. The first-order valence-electron chi connectivity index (χ1n) is 4.07. The Hall–Kier alpha value is -0.520. The van der Waals surface area contributed by atoms with E-state index < -0.39 is 0 Å². The summed E-state index contributed by atoms with van der Waals surface area (Å²) in [5, 5.41) is 0. The number of rotatable bonds is 3. The zero-order valence-corrected chi connectivity index (χ0v) is 7.78. The maximum absolute atomic E-state index is 3.62. The van der Waals surface area contributed by atoms with Gasteiger partial charge in [-0.05, 0) is 19.8 Å². The fourth-order valence-corrected chi connectivity index (χ4v) is 0.429. The summed E-state index contributed by atoms with van der Waals surface area (Å²) in [5.74, 6) is 0. The maximum Gasteiger partial charge on any atom is -0.0169 e. The molecule has 0 heterocycles. The molecule has 60 valence electrons. The van der Waals surface area contributed by atoms with E-state index in [2.05, 4.69) is 26.5 Å². The van der Waals surface area contributed by atoms with Crippen LogP contribution in [0.1, 0.15) is 40.5 Å². The number of hydrogen-bond donors (Lipinski definition) is 0. The third-order valence-electron chi connectivity index (χ3n) is 1.19. The van der Waals surface area contributed by atoms with Crippen LogP contribution in [0.3, 0.4) is 0 Å². The Kier molecular flexibility index (Phi) is 13.8. The van der Waals surface area contributed by atoms with Crippen LogP contribution in [0.4, 0.5) is 0 Å². The lowest BCUT2D eigenvalue weighted by molar-refractivity contribution is 1.08. The van der Waals surface area contributed by atoms with Gasteiger partial charge in [0.15, 0.2) is 0 Å². The zero-order valence-electron chi connectivity index (χ0n) is 7.78. The average Bonchev–Trinajstić information content (AvgIpc) is 2.04. The minimum atomic E-state index is 1.01. The highest BCUT2D eigenvalue weighted by atomic mass is 13.8. The monoisotopic (exact) mass is 140 g/mol. The molecule has 0 nitrogen and oxygen atoms in total. The summed E-state index contributed by atoms with van der Waals surface area (Å²) in [6.07, 6.45) is 6.29. The Morgan fingerprint density at radius 2 is 1.90 bits per heavy atom. The quantitative estimate of drug-likeness (QED) is 0.521. The molecule has 0 heteroatoms. The summed E-state index contributed by atoms with van der Waals surface area (Å²) in [5.41, 5.74) is 1.45. The minimum absolute atomic E-state index is 1.01. The van der Waals surface area contributed by atoms with Gasteiger partial charge in [0.25, 0.3) is 0 Å². The van der Waals surface area contributed by atoms with E-state index in [0.29, 0.717) is 0 Å². The van der Waals surface area contributed by atoms with Crippen LogP contribution in [0.15, 0.2) is 24.3 Å². The molecule has 0 amide bonds. The summed E-state index contributed by atoms with van der Waals surface area (Å²) >= 11 is 0. The molecule has 0 spiro atoms. The summed E-state index contributed by atoms with van der Waals surface area (Å²) in [6.45, 7) is 11.9. The van der Waals surface area contributed by atoms with Crippen molar-refractivity contribution in [3.8, 4) is 0 Å².